The molecule has 0 aromatic heterocycles. The number of rotatable bonds is 3. The summed E-state index contributed by atoms with van der Waals surface area (Å²) in [7, 11) is 2.18. The van der Waals surface area contributed by atoms with Gasteiger partial charge in [-0.15, -0.1) is 0 Å². The van der Waals surface area contributed by atoms with Crippen molar-refractivity contribution in [3.8, 4) is 0 Å². The van der Waals surface area contributed by atoms with Gasteiger partial charge in [-0.3, -0.25) is 14.6 Å². The van der Waals surface area contributed by atoms with Crippen molar-refractivity contribution < 1.29 is 9.90 Å². The van der Waals surface area contributed by atoms with Gasteiger partial charge in [-0.2, -0.15) is 0 Å². The summed E-state index contributed by atoms with van der Waals surface area (Å²) in [5.74, 6) is 0.112. The Bertz CT molecular complexity index is 555. The molecule has 1 aromatic carbocycles. The number of amides is 1. The van der Waals surface area contributed by atoms with Gasteiger partial charge in [0.2, 0.25) is 5.91 Å². The molecule has 0 aliphatic carbocycles. The van der Waals surface area contributed by atoms with E-state index in [1.807, 2.05) is 4.90 Å². The average molecular weight is 331 g/mol. The number of β-amino-alcohol motifs (C(OH)–C–C–N with tert-alkyl or cyclic N) is 1. The topological polar surface area (TPSA) is 47.0 Å². The van der Waals surface area contributed by atoms with E-state index in [9.17, 15) is 9.90 Å². The number of likely N-dealkylation sites (N-methyl/N-ethyl adjacent to an activating group) is 1. The Hall–Kier alpha value is -1.43. The molecule has 24 heavy (non-hydrogen) atoms. The molecule has 2 aliphatic heterocycles. The number of carbonyl (C=O) groups is 1. The number of nitrogens with zero attached hydrogens (tertiary/aromatic N) is 3. The van der Waals surface area contributed by atoms with Crippen molar-refractivity contribution in [2.24, 2.45) is 0 Å². The van der Waals surface area contributed by atoms with Crippen LogP contribution in [-0.2, 0) is 4.79 Å². The largest absolute Gasteiger partial charge is 0.388 e. The van der Waals surface area contributed by atoms with Crippen LogP contribution in [0.1, 0.15) is 31.4 Å². The van der Waals surface area contributed by atoms with Crippen molar-refractivity contribution in [3.05, 3.63) is 35.9 Å². The Morgan fingerprint density at radius 1 is 1.17 bits per heavy atom. The summed E-state index contributed by atoms with van der Waals surface area (Å²) in [6.07, 6.45) is 1.35. The molecule has 5 heteroatoms. The molecule has 2 heterocycles. The van der Waals surface area contributed by atoms with Crippen LogP contribution in [0, 0.1) is 0 Å². The van der Waals surface area contributed by atoms with Crippen LogP contribution >= 0.6 is 0 Å². The highest BCUT2D eigenvalue weighted by Crippen LogP contribution is 2.28. The van der Waals surface area contributed by atoms with Crippen LogP contribution < -0.4 is 0 Å². The van der Waals surface area contributed by atoms with Crippen molar-refractivity contribution in [1.29, 1.82) is 0 Å². The highest BCUT2D eigenvalue weighted by Gasteiger charge is 2.36. The second kappa shape index (κ2) is 7.21. The normalized spacial score (nSPS) is 25.6. The molecular weight excluding hydrogens is 302 g/mol. The van der Waals surface area contributed by atoms with E-state index in [1.165, 1.54) is 5.56 Å². The number of hydrogen-bond acceptors (Lipinski definition) is 4. The monoisotopic (exact) mass is 331 g/mol. The molecule has 0 saturated carbocycles. The molecule has 3 rings (SSSR count). The van der Waals surface area contributed by atoms with Gasteiger partial charge in [0, 0.05) is 52.2 Å². The number of piperidine rings is 1. The summed E-state index contributed by atoms with van der Waals surface area (Å²) < 4.78 is 0. The number of likely N-dealkylation sites (tertiary alicyclic amines) is 1. The van der Waals surface area contributed by atoms with Gasteiger partial charge in [0.15, 0.2) is 0 Å². The van der Waals surface area contributed by atoms with Gasteiger partial charge in [0.05, 0.1) is 5.60 Å². The fraction of sp³-hybridized carbons (Fsp3) is 0.632. The van der Waals surface area contributed by atoms with Crippen LogP contribution in [0.25, 0.3) is 0 Å². The first-order chi connectivity index (χ1) is 11.5. The quantitative estimate of drug-likeness (QED) is 0.908. The number of hydrogen-bond donors (Lipinski definition) is 1. The summed E-state index contributed by atoms with van der Waals surface area (Å²) in [5, 5.41) is 11.0. The first-order valence-corrected chi connectivity index (χ1v) is 8.92. The number of carbonyl (C=O) groups excluding carboxylic acids is 1. The molecule has 2 saturated heterocycles. The van der Waals surface area contributed by atoms with E-state index in [1.54, 1.807) is 6.92 Å². The lowest BCUT2D eigenvalue weighted by molar-refractivity contribution is -0.134. The maximum absolute atomic E-state index is 11.5. The van der Waals surface area contributed by atoms with E-state index in [4.69, 9.17) is 0 Å². The average Bonchev–Trinajstić information content (AvgIpc) is 2.57. The Kier molecular flexibility index (Phi) is 5.23. The maximum Gasteiger partial charge on any atom is 0.219 e. The standard InChI is InChI=1S/C19H29N3O2/c1-16(23)22-10-8-19(24,9-11-22)15-21-13-12-20(2)18(14-21)17-6-4-3-5-7-17/h3-7,18,24H,8-15H2,1-2H3/t18-/m0/s1. The van der Waals surface area contributed by atoms with E-state index in [0.29, 0.717) is 38.5 Å². The van der Waals surface area contributed by atoms with Crippen LogP contribution in [0.3, 0.4) is 0 Å². The SMILES string of the molecule is CC(=O)N1CCC(O)(CN2CCN(C)[C@H](c3ccccc3)C2)CC1. The zero-order valence-corrected chi connectivity index (χ0v) is 14.8. The minimum atomic E-state index is -0.664. The van der Waals surface area contributed by atoms with Gasteiger partial charge in [-0.05, 0) is 25.5 Å². The molecule has 1 atom stereocenters. The minimum Gasteiger partial charge on any atom is -0.388 e. The predicted octanol–water partition coefficient (Wildman–Crippen LogP) is 1.35. The van der Waals surface area contributed by atoms with Crippen molar-refractivity contribution in [3.63, 3.8) is 0 Å². The molecule has 0 unspecified atom stereocenters. The van der Waals surface area contributed by atoms with E-state index < -0.39 is 5.60 Å². The van der Waals surface area contributed by atoms with Crippen molar-refractivity contribution in [2.45, 2.75) is 31.4 Å². The molecule has 0 bridgehead atoms. The fourth-order valence-electron chi connectivity index (χ4n) is 3.92. The fourth-order valence-corrected chi connectivity index (χ4v) is 3.92. The zero-order chi connectivity index (χ0) is 17.2. The van der Waals surface area contributed by atoms with Gasteiger partial charge < -0.3 is 10.0 Å². The zero-order valence-electron chi connectivity index (χ0n) is 14.8. The molecule has 5 nitrogen and oxygen atoms in total. The summed E-state index contributed by atoms with van der Waals surface area (Å²) in [4.78, 5) is 18.1. The first-order valence-electron chi connectivity index (χ1n) is 8.92. The van der Waals surface area contributed by atoms with E-state index >= 15 is 0 Å². The molecular formula is C19H29N3O2. The number of benzene rings is 1. The van der Waals surface area contributed by atoms with Gasteiger partial charge in [-0.1, -0.05) is 30.3 Å². The molecule has 1 amide bonds. The Morgan fingerprint density at radius 3 is 2.46 bits per heavy atom. The molecule has 132 valence electrons. The molecule has 2 aliphatic rings. The second-order valence-electron chi connectivity index (χ2n) is 7.37. The lowest BCUT2D eigenvalue weighted by atomic mass is 9.90. The smallest absolute Gasteiger partial charge is 0.219 e. The highest BCUT2D eigenvalue weighted by molar-refractivity contribution is 5.73. The highest BCUT2D eigenvalue weighted by atomic mass is 16.3. The molecule has 2 fully saturated rings. The Morgan fingerprint density at radius 2 is 1.83 bits per heavy atom. The van der Waals surface area contributed by atoms with Crippen LogP contribution in [0.4, 0.5) is 0 Å². The molecule has 0 radical (unpaired) electrons. The van der Waals surface area contributed by atoms with Crippen LogP contribution in [0.15, 0.2) is 30.3 Å². The second-order valence-corrected chi connectivity index (χ2v) is 7.37. The van der Waals surface area contributed by atoms with Gasteiger partial charge >= 0.3 is 0 Å². The van der Waals surface area contributed by atoms with Crippen molar-refractivity contribution >= 4 is 5.91 Å². The Balaban J connectivity index is 1.60. The number of piperazine rings is 1. The van der Waals surface area contributed by atoms with Gasteiger partial charge in [-0.25, -0.2) is 0 Å². The van der Waals surface area contributed by atoms with Crippen LogP contribution in [-0.4, -0.2) is 77.6 Å². The third-order valence-corrected chi connectivity index (χ3v) is 5.57. The van der Waals surface area contributed by atoms with Gasteiger partial charge in [0.1, 0.15) is 0 Å². The van der Waals surface area contributed by atoms with E-state index in [0.717, 1.165) is 19.6 Å². The lowest BCUT2D eigenvalue weighted by Crippen LogP contribution is -2.55. The summed E-state index contributed by atoms with van der Waals surface area (Å²) in [6, 6.07) is 11.0. The minimum absolute atomic E-state index is 0.112. The first kappa shape index (κ1) is 17.4. The summed E-state index contributed by atoms with van der Waals surface area (Å²) >= 11 is 0. The maximum atomic E-state index is 11.5. The van der Waals surface area contributed by atoms with Crippen LogP contribution in [0.5, 0.6) is 0 Å². The van der Waals surface area contributed by atoms with Crippen LogP contribution in [0.2, 0.25) is 0 Å². The van der Waals surface area contributed by atoms with Crippen molar-refractivity contribution in [2.75, 3.05) is 46.3 Å². The van der Waals surface area contributed by atoms with E-state index in [-0.39, 0.29) is 5.91 Å². The predicted molar refractivity (Wildman–Crippen MR) is 94.7 cm³/mol. The third kappa shape index (κ3) is 3.97. The molecule has 1 aromatic rings. The van der Waals surface area contributed by atoms with Gasteiger partial charge in [0.25, 0.3) is 0 Å². The Labute approximate surface area is 144 Å². The van der Waals surface area contributed by atoms with Crippen molar-refractivity contribution in [1.82, 2.24) is 14.7 Å². The lowest BCUT2D eigenvalue weighted by Gasteiger charge is -2.45. The van der Waals surface area contributed by atoms with E-state index in [2.05, 4.69) is 47.2 Å². The summed E-state index contributed by atoms with van der Waals surface area (Å²) in [5.41, 5.74) is 0.673. The molecule has 0 spiro atoms. The number of aliphatic hydroxyl groups is 1. The summed E-state index contributed by atoms with van der Waals surface area (Å²) in [6.45, 7) is 6.58. The molecule has 1 N–H and O–H groups in total. The third-order valence-electron chi connectivity index (χ3n) is 5.57.